The molecule has 0 aliphatic heterocycles. The van der Waals surface area contributed by atoms with E-state index in [-0.39, 0.29) is 0 Å². The zero-order valence-electron chi connectivity index (χ0n) is 15.9. The highest BCUT2D eigenvalue weighted by atomic mass is 35.5. The second kappa shape index (κ2) is 9.76. The average Bonchev–Trinajstić information content (AvgIpc) is 3.15. The summed E-state index contributed by atoms with van der Waals surface area (Å²) in [5, 5.41) is 1.10. The fourth-order valence-electron chi connectivity index (χ4n) is 4.34. The highest BCUT2D eigenvalue weighted by Crippen LogP contribution is 2.48. The number of hydrogen-bond acceptors (Lipinski definition) is 2. The zero-order chi connectivity index (χ0) is 17.6. The van der Waals surface area contributed by atoms with Crippen molar-refractivity contribution < 1.29 is 0 Å². The average molecular weight is 397 g/mol. The van der Waals surface area contributed by atoms with Crippen LogP contribution in [0.15, 0.2) is 6.07 Å². The van der Waals surface area contributed by atoms with E-state index < -0.39 is 0 Å². The lowest BCUT2D eigenvalue weighted by molar-refractivity contribution is 0.310. The summed E-state index contributed by atoms with van der Waals surface area (Å²) in [4.78, 5) is 3.03. The number of rotatable bonds is 9. The molecule has 2 aromatic rings. The van der Waals surface area contributed by atoms with Gasteiger partial charge in [0.15, 0.2) is 0 Å². The zero-order valence-corrected chi connectivity index (χ0v) is 18.3. The molecule has 0 radical (unpaired) electrons. The van der Waals surface area contributed by atoms with Crippen molar-refractivity contribution in [2.24, 2.45) is 5.92 Å². The molecule has 0 unspecified atom stereocenters. The third-order valence-corrected chi connectivity index (χ3v) is 9.08. The summed E-state index contributed by atoms with van der Waals surface area (Å²) in [6.07, 6.45) is 16.3. The van der Waals surface area contributed by atoms with E-state index in [0.29, 0.717) is 0 Å². The molecule has 1 fully saturated rings. The number of fused-ring (bicyclic) bond motifs is 1. The van der Waals surface area contributed by atoms with Crippen LogP contribution in [0.3, 0.4) is 0 Å². The van der Waals surface area contributed by atoms with Crippen molar-refractivity contribution >= 4 is 43.7 Å². The van der Waals surface area contributed by atoms with Gasteiger partial charge in [-0.05, 0) is 56.4 Å². The van der Waals surface area contributed by atoms with Gasteiger partial charge in [-0.15, -0.1) is 22.7 Å². The Labute approximate surface area is 167 Å². The molecule has 0 bridgehead atoms. The molecule has 0 spiro atoms. The van der Waals surface area contributed by atoms with E-state index in [9.17, 15) is 0 Å². The lowest BCUT2D eigenvalue weighted by Crippen LogP contribution is -2.12. The highest BCUT2D eigenvalue weighted by molar-refractivity contribution is 7.28. The molecule has 1 saturated carbocycles. The van der Waals surface area contributed by atoms with Crippen LogP contribution in [0.4, 0.5) is 0 Å². The van der Waals surface area contributed by atoms with Crippen LogP contribution in [0.1, 0.15) is 100 Å². The van der Waals surface area contributed by atoms with Gasteiger partial charge < -0.3 is 0 Å². The van der Waals surface area contributed by atoms with Crippen molar-refractivity contribution in [3.8, 4) is 0 Å². The predicted octanol–water partition coefficient (Wildman–Crippen LogP) is 9.20. The van der Waals surface area contributed by atoms with Crippen LogP contribution < -0.4 is 0 Å². The van der Waals surface area contributed by atoms with E-state index in [0.717, 1.165) is 16.9 Å². The molecule has 3 heteroatoms. The third-order valence-electron chi connectivity index (χ3n) is 5.83. The summed E-state index contributed by atoms with van der Waals surface area (Å²) >= 11 is 10.8. The van der Waals surface area contributed by atoms with Crippen molar-refractivity contribution in [1.29, 1.82) is 0 Å². The Morgan fingerprint density at radius 3 is 2.40 bits per heavy atom. The Bertz CT molecular complexity index is 646. The second-order valence-corrected chi connectivity index (χ2v) is 10.5. The Hall–Kier alpha value is -0.0500. The molecule has 2 heterocycles. The first-order valence-electron chi connectivity index (χ1n) is 10.4. The fraction of sp³-hybridized carbons (Fsp3) is 0.727. The maximum atomic E-state index is 6.82. The molecule has 0 N–H and O–H groups in total. The van der Waals surface area contributed by atoms with E-state index in [1.165, 1.54) is 96.2 Å². The molecular formula is C22H33ClS2. The Balaban J connectivity index is 1.59. The van der Waals surface area contributed by atoms with Gasteiger partial charge in [0.2, 0.25) is 0 Å². The lowest BCUT2D eigenvalue weighted by atomic mass is 9.79. The Morgan fingerprint density at radius 1 is 0.960 bits per heavy atom. The SMILES string of the molecule is CCCCCCCc1cc2sc(C3CCC(CCC)CC3)c(Cl)c2s1. The van der Waals surface area contributed by atoms with Crippen LogP contribution in [0.2, 0.25) is 5.02 Å². The number of halogens is 1. The van der Waals surface area contributed by atoms with Gasteiger partial charge in [-0.3, -0.25) is 0 Å². The summed E-state index contributed by atoms with van der Waals surface area (Å²) in [6, 6.07) is 2.43. The molecule has 1 aliphatic rings. The van der Waals surface area contributed by atoms with E-state index in [1.807, 2.05) is 22.7 Å². The minimum absolute atomic E-state index is 0.725. The molecule has 0 atom stereocenters. The van der Waals surface area contributed by atoms with Crippen LogP contribution >= 0.6 is 34.3 Å². The monoisotopic (exact) mass is 396 g/mol. The van der Waals surface area contributed by atoms with Gasteiger partial charge in [-0.1, -0.05) is 64.0 Å². The topological polar surface area (TPSA) is 0 Å². The van der Waals surface area contributed by atoms with Gasteiger partial charge in [0.25, 0.3) is 0 Å². The van der Waals surface area contributed by atoms with Crippen LogP contribution in [0.25, 0.3) is 9.40 Å². The summed E-state index contributed by atoms with van der Waals surface area (Å²) in [7, 11) is 0. The molecule has 0 aromatic carbocycles. The summed E-state index contributed by atoms with van der Waals surface area (Å²) in [6.45, 7) is 4.60. The van der Waals surface area contributed by atoms with Gasteiger partial charge in [-0.25, -0.2) is 0 Å². The first-order chi connectivity index (χ1) is 12.2. The minimum Gasteiger partial charge on any atom is -0.138 e. The molecule has 0 amide bonds. The quantitative estimate of drug-likeness (QED) is 0.370. The molecule has 3 rings (SSSR count). The number of unbranched alkanes of at least 4 members (excludes halogenated alkanes) is 4. The van der Waals surface area contributed by atoms with Gasteiger partial charge in [0.05, 0.1) is 9.72 Å². The Kier molecular flexibility index (Phi) is 7.69. The maximum Gasteiger partial charge on any atom is 0.0726 e. The summed E-state index contributed by atoms with van der Waals surface area (Å²) < 4.78 is 2.82. The Morgan fingerprint density at radius 2 is 1.72 bits per heavy atom. The minimum atomic E-state index is 0.725. The number of hydrogen-bond donors (Lipinski definition) is 0. The van der Waals surface area contributed by atoms with Gasteiger partial charge >= 0.3 is 0 Å². The summed E-state index contributed by atoms with van der Waals surface area (Å²) in [5.74, 6) is 1.70. The van der Waals surface area contributed by atoms with Gasteiger partial charge in [-0.2, -0.15) is 0 Å². The first kappa shape index (κ1) is 19.7. The van der Waals surface area contributed by atoms with E-state index in [2.05, 4.69) is 19.9 Å². The van der Waals surface area contributed by atoms with Crippen molar-refractivity contribution in [2.75, 3.05) is 0 Å². The largest absolute Gasteiger partial charge is 0.138 e. The third kappa shape index (κ3) is 5.02. The smallest absolute Gasteiger partial charge is 0.0726 e. The molecular weight excluding hydrogens is 364 g/mol. The van der Waals surface area contributed by atoms with Crippen molar-refractivity contribution in [1.82, 2.24) is 0 Å². The van der Waals surface area contributed by atoms with Crippen LogP contribution in [-0.4, -0.2) is 0 Å². The lowest BCUT2D eigenvalue weighted by Gasteiger charge is -2.27. The highest BCUT2D eigenvalue weighted by Gasteiger charge is 2.26. The van der Waals surface area contributed by atoms with Crippen molar-refractivity contribution in [2.45, 2.75) is 96.8 Å². The van der Waals surface area contributed by atoms with E-state index in [4.69, 9.17) is 11.6 Å². The standard InChI is InChI=1S/C22H33ClS2/c1-3-5-6-7-8-10-18-15-19-22(24-18)20(23)21(25-19)17-13-11-16(9-4-2)12-14-17/h15-17H,3-14H2,1-2H3. The fourth-order valence-corrected chi connectivity index (χ4v) is 7.54. The van der Waals surface area contributed by atoms with Crippen molar-refractivity contribution in [3.63, 3.8) is 0 Å². The van der Waals surface area contributed by atoms with Crippen LogP contribution in [0.5, 0.6) is 0 Å². The van der Waals surface area contributed by atoms with Crippen LogP contribution in [-0.2, 0) is 6.42 Å². The second-order valence-electron chi connectivity index (χ2n) is 7.86. The van der Waals surface area contributed by atoms with E-state index >= 15 is 0 Å². The number of thiophene rings is 2. The van der Waals surface area contributed by atoms with E-state index in [1.54, 1.807) is 0 Å². The van der Waals surface area contributed by atoms with Gasteiger partial charge in [0, 0.05) is 14.5 Å². The van der Waals surface area contributed by atoms with Crippen molar-refractivity contribution in [3.05, 3.63) is 20.8 Å². The summed E-state index contributed by atoms with van der Waals surface area (Å²) in [5.41, 5.74) is 0. The molecule has 0 saturated heterocycles. The van der Waals surface area contributed by atoms with Crippen LogP contribution in [0, 0.1) is 5.92 Å². The predicted molar refractivity (Wildman–Crippen MR) is 117 cm³/mol. The molecule has 140 valence electrons. The van der Waals surface area contributed by atoms with Gasteiger partial charge in [0.1, 0.15) is 0 Å². The molecule has 0 nitrogen and oxygen atoms in total. The molecule has 2 aromatic heterocycles. The molecule has 25 heavy (non-hydrogen) atoms. The molecule has 1 aliphatic carbocycles. The maximum absolute atomic E-state index is 6.82. The number of aryl methyl sites for hydroxylation is 1. The first-order valence-corrected chi connectivity index (χ1v) is 12.4. The normalized spacial score (nSPS) is 21.2.